The Hall–Kier alpha value is -1.19. The smallest absolute Gasteiger partial charge is 0.137 e. The second-order valence-electron chi connectivity index (χ2n) is 4.65. The molecule has 0 aliphatic heterocycles. The first-order chi connectivity index (χ1) is 9.10. The average Bonchev–Trinajstić information content (AvgIpc) is 2.42. The largest absolute Gasteiger partial charge is 0.324 e. The summed E-state index contributed by atoms with van der Waals surface area (Å²) in [5.74, 6) is -0.261. The molecule has 2 rings (SSSR count). The Labute approximate surface area is 121 Å². The fourth-order valence-corrected chi connectivity index (χ4v) is 2.42. The van der Waals surface area contributed by atoms with E-state index in [9.17, 15) is 4.39 Å². The summed E-state index contributed by atoms with van der Waals surface area (Å²) in [7, 11) is 0. The number of aryl methyl sites for hydroxylation is 1. The van der Waals surface area contributed by atoms with Crippen LogP contribution in [0.4, 0.5) is 4.39 Å². The van der Waals surface area contributed by atoms with Crippen molar-refractivity contribution < 1.29 is 4.39 Å². The third kappa shape index (κ3) is 3.64. The molecule has 2 N–H and O–H groups in total. The van der Waals surface area contributed by atoms with E-state index in [-0.39, 0.29) is 11.9 Å². The molecule has 1 nitrogen and oxygen atoms in total. The number of hydrogen-bond acceptors (Lipinski definition) is 1. The molecule has 0 spiro atoms. The van der Waals surface area contributed by atoms with E-state index in [4.69, 9.17) is 5.73 Å². The molecule has 0 amide bonds. The van der Waals surface area contributed by atoms with Crippen LogP contribution in [0.2, 0.25) is 0 Å². The molecule has 0 saturated heterocycles. The van der Waals surface area contributed by atoms with E-state index in [1.54, 1.807) is 12.1 Å². The standard InChI is InChI=1S/C16H17BrFN/c1-2-11-3-5-12(6-4-11)9-16(19)13-7-8-15(18)14(17)10-13/h3-8,10,16H,2,9,19H2,1H3. The van der Waals surface area contributed by atoms with Gasteiger partial charge in [-0.25, -0.2) is 4.39 Å². The molecule has 0 heterocycles. The first-order valence-corrected chi connectivity index (χ1v) is 7.17. The molecule has 0 aromatic heterocycles. The maximum atomic E-state index is 13.2. The van der Waals surface area contributed by atoms with Crippen molar-refractivity contribution in [1.82, 2.24) is 0 Å². The SMILES string of the molecule is CCc1ccc(CC(N)c2ccc(F)c(Br)c2)cc1. The van der Waals surface area contributed by atoms with E-state index in [1.165, 1.54) is 17.2 Å². The number of hydrogen-bond donors (Lipinski definition) is 1. The van der Waals surface area contributed by atoms with Crippen LogP contribution >= 0.6 is 15.9 Å². The maximum Gasteiger partial charge on any atom is 0.137 e. The first kappa shape index (κ1) is 14.2. The zero-order chi connectivity index (χ0) is 13.8. The zero-order valence-electron chi connectivity index (χ0n) is 10.9. The summed E-state index contributed by atoms with van der Waals surface area (Å²) >= 11 is 3.19. The van der Waals surface area contributed by atoms with Gasteiger partial charge in [-0.3, -0.25) is 0 Å². The van der Waals surface area contributed by atoms with Gasteiger partial charge in [0.25, 0.3) is 0 Å². The van der Waals surface area contributed by atoms with Crippen molar-refractivity contribution in [3.05, 3.63) is 69.4 Å². The van der Waals surface area contributed by atoms with E-state index < -0.39 is 0 Å². The van der Waals surface area contributed by atoms with Crippen molar-refractivity contribution in [3.63, 3.8) is 0 Å². The number of rotatable bonds is 4. The highest BCUT2D eigenvalue weighted by Gasteiger charge is 2.09. The van der Waals surface area contributed by atoms with Crippen molar-refractivity contribution >= 4 is 15.9 Å². The molecule has 3 heteroatoms. The normalized spacial score (nSPS) is 12.4. The topological polar surface area (TPSA) is 26.0 Å². The van der Waals surface area contributed by atoms with Crippen molar-refractivity contribution in [3.8, 4) is 0 Å². The Balaban J connectivity index is 2.10. The molecule has 1 unspecified atom stereocenters. The van der Waals surface area contributed by atoms with Gasteiger partial charge in [-0.1, -0.05) is 37.3 Å². The van der Waals surface area contributed by atoms with Crippen LogP contribution in [-0.4, -0.2) is 0 Å². The second-order valence-corrected chi connectivity index (χ2v) is 5.51. The van der Waals surface area contributed by atoms with Crippen LogP contribution in [0.25, 0.3) is 0 Å². The zero-order valence-corrected chi connectivity index (χ0v) is 12.5. The number of benzene rings is 2. The lowest BCUT2D eigenvalue weighted by Crippen LogP contribution is -2.13. The average molecular weight is 322 g/mol. The van der Waals surface area contributed by atoms with E-state index in [0.717, 1.165) is 18.4 Å². The number of nitrogens with two attached hydrogens (primary N) is 1. The molecule has 19 heavy (non-hydrogen) atoms. The van der Waals surface area contributed by atoms with Crippen LogP contribution < -0.4 is 5.73 Å². The lowest BCUT2D eigenvalue weighted by Gasteiger charge is -2.13. The van der Waals surface area contributed by atoms with E-state index in [1.807, 2.05) is 0 Å². The third-order valence-electron chi connectivity index (χ3n) is 3.26. The van der Waals surface area contributed by atoms with Gasteiger partial charge < -0.3 is 5.73 Å². The van der Waals surface area contributed by atoms with E-state index in [2.05, 4.69) is 47.1 Å². The quantitative estimate of drug-likeness (QED) is 0.887. The highest BCUT2D eigenvalue weighted by Crippen LogP contribution is 2.22. The molecule has 0 aliphatic carbocycles. The molecule has 100 valence electrons. The molecule has 2 aromatic carbocycles. The molecule has 0 radical (unpaired) electrons. The van der Waals surface area contributed by atoms with Gasteiger partial charge in [0.15, 0.2) is 0 Å². The first-order valence-electron chi connectivity index (χ1n) is 6.38. The lowest BCUT2D eigenvalue weighted by atomic mass is 9.98. The summed E-state index contributed by atoms with van der Waals surface area (Å²) < 4.78 is 13.6. The highest BCUT2D eigenvalue weighted by atomic mass is 79.9. The Kier molecular flexibility index (Phi) is 4.72. The van der Waals surface area contributed by atoms with Gasteiger partial charge in [0.05, 0.1) is 4.47 Å². The highest BCUT2D eigenvalue weighted by molar-refractivity contribution is 9.10. The summed E-state index contributed by atoms with van der Waals surface area (Å²) in [5, 5.41) is 0. The molecule has 1 atom stereocenters. The summed E-state index contributed by atoms with van der Waals surface area (Å²) in [6.45, 7) is 2.14. The van der Waals surface area contributed by atoms with Crippen LogP contribution in [0.5, 0.6) is 0 Å². The van der Waals surface area contributed by atoms with Crippen molar-refractivity contribution in [2.24, 2.45) is 5.73 Å². The van der Waals surface area contributed by atoms with Gasteiger partial charge in [0, 0.05) is 6.04 Å². The maximum absolute atomic E-state index is 13.2. The van der Waals surface area contributed by atoms with Gasteiger partial charge in [-0.15, -0.1) is 0 Å². The van der Waals surface area contributed by atoms with Crippen molar-refractivity contribution in [2.45, 2.75) is 25.8 Å². The Morgan fingerprint density at radius 3 is 2.32 bits per heavy atom. The number of halogens is 2. The van der Waals surface area contributed by atoms with Crippen LogP contribution in [0, 0.1) is 5.82 Å². The fraction of sp³-hybridized carbons (Fsp3) is 0.250. The molecule has 0 aliphatic rings. The summed E-state index contributed by atoms with van der Waals surface area (Å²) in [4.78, 5) is 0. The van der Waals surface area contributed by atoms with Gasteiger partial charge in [0.1, 0.15) is 5.82 Å². The summed E-state index contributed by atoms with van der Waals surface area (Å²) in [6, 6.07) is 13.3. The van der Waals surface area contributed by atoms with Gasteiger partial charge >= 0.3 is 0 Å². The molecule has 0 saturated carbocycles. The summed E-state index contributed by atoms with van der Waals surface area (Å²) in [5.41, 5.74) is 9.63. The molecule has 2 aromatic rings. The van der Waals surface area contributed by atoms with Gasteiger partial charge in [-0.2, -0.15) is 0 Å². The van der Waals surface area contributed by atoms with E-state index >= 15 is 0 Å². The third-order valence-corrected chi connectivity index (χ3v) is 3.87. The monoisotopic (exact) mass is 321 g/mol. The van der Waals surface area contributed by atoms with Crippen LogP contribution in [-0.2, 0) is 12.8 Å². The van der Waals surface area contributed by atoms with Crippen molar-refractivity contribution in [2.75, 3.05) is 0 Å². The van der Waals surface area contributed by atoms with Gasteiger partial charge in [-0.05, 0) is 57.6 Å². The molecule has 0 bridgehead atoms. The minimum absolute atomic E-state index is 0.121. The second kappa shape index (κ2) is 6.31. The van der Waals surface area contributed by atoms with Crippen LogP contribution in [0.15, 0.2) is 46.9 Å². The lowest BCUT2D eigenvalue weighted by molar-refractivity contribution is 0.617. The predicted octanol–water partition coefficient (Wildman–Crippen LogP) is 4.39. The fourth-order valence-electron chi connectivity index (χ4n) is 2.03. The minimum Gasteiger partial charge on any atom is -0.324 e. The minimum atomic E-state index is -0.261. The molecular weight excluding hydrogens is 305 g/mol. The Bertz CT molecular complexity index is 551. The Morgan fingerprint density at radius 1 is 1.11 bits per heavy atom. The van der Waals surface area contributed by atoms with E-state index in [0.29, 0.717) is 4.47 Å². The molecule has 0 fully saturated rings. The predicted molar refractivity (Wildman–Crippen MR) is 80.6 cm³/mol. The summed E-state index contributed by atoms with van der Waals surface area (Å²) in [6.07, 6.45) is 1.79. The van der Waals surface area contributed by atoms with Crippen LogP contribution in [0.1, 0.15) is 29.7 Å². The van der Waals surface area contributed by atoms with Gasteiger partial charge in [0.2, 0.25) is 0 Å². The van der Waals surface area contributed by atoms with Crippen LogP contribution in [0.3, 0.4) is 0 Å². The molecular formula is C16H17BrFN. The Morgan fingerprint density at radius 2 is 1.74 bits per heavy atom. The van der Waals surface area contributed by atoms with Crippen molar-refractivity contribution in [1.29, 1.82) is 0 Å².